The highest BCUT2D eigenvalue weighted by Gasteiger charge is 2.58. The monoisotopic (exact) mass is 449 g/mol. The lowest BCUT2D eigenvalue weighted by atomic mass is 9.79. The number of hydrogen-bond donors (Lipinski definition) is 1. The van der Waals surface area contributed by atoms with Gasteiger partial charge in [-0.2, -0.15) is 0 Å². The van der Waals surface area contributed by atoms with E-state index in [1.807, 2.05) is 67.6 Å². The molecular formula is C26H27NO6. The van der Waals surface area contributed by atoms with Crippen molar-refractivity contribution in [1.29, 1.82) is 0 Å². The lowest BCUT2D eigenvalue weighted by Gasteiger charge is -2.36. The van der Waals surface area contributed by atoms with Crippen molar-refractivity contribution in [2.75, 3.05) is 26.1 Å². The van der Waals surface area contributed by atoms with E-state index in [9.17, 15) is 9.59 Å². The number of nitrogens with one attached hydrogen (secondary N) is 1. The minimum absolute atomic E-state index is 0.166. The van der Waals surface area contributed by atoms with Crippen molar-refractivity contribution >= 4 is 17.6 Å². The molecule has 0 aromatic heterocycles. The number of rotatable bonds is 9. The second kappa shape index (κ2) is 9.50. The fourth-order valence-corrected chi connectivity index (χ4v) is 4.44. The molecule has 0 aliphatic carbocycles. The normalized spacial score (nSPS) is 21.6. The highest BCUT2D eigenvalue weighted by molar-refractivity contribution is 6.05. The summed E-state index contributed by atoms with van der Waals surface area (Å²) in [4.78, 5) is 25.5. The topological polar surface area (TPSA) is 83.1 Å². The summed E-state index contributed by atoms with van der Waals surface area (Å²) in [6, 6.07) is 17.0. The molecule has 2 aromatic carbocycles. The molecule has 2 aliphatic rings. The standard InChI is InChI=1S/C26H27NO6/c1-4-32-19-12-8-11-18(16-19)27-21(15-17-9-6-5-7-10-17)26-14-13-20(33-26)22(24(28)30-2)23(26)25(29)31-3/h5-14,16,20-21,27H,4,15H2,1-3H3. The Bertz CT molecular complexity index is 1090. The molecule has 0 radical (unpaired) electrons. The van der Waals surface area contributed by atoms with Gasteiger partial charge in [0.15, 0.2) is 0 Å². The maximum absolute atomic E-state index is 12.9. The van der Waals surface area contributed by atoms with Crippen molar-refractivity contribution in [3.05, 3.63) is 83.5 Å². The molecule has 0 fully saturated rings. The Morgan fingerprint density at radius 1 is 1.06 bits per heavy atom. The third kappa shape index (κ3) is 4.24. The van der Waals surface area contributed by atoms with Gasteiger partial charge < -0.3 is 24.3 Å². The summed E-state index contributed by atoms with van der Waals surface area (Å²) in [5.74, 6) is -0.502. The zero-order chi connectivity index (χ0) is 23.4. The molecule has 4 rings (SSSR count). The van der Waals surface area contributed by atoms with Crippen LogP contribution < -0.4 is 10.1 Å². The fraction of sp³-hybridized carbons (Fsp3) is 0.308. The van der Waals surface area contributed by atoms with Crippen LogP contribution in [0.1, 0.15) is 12.5 Å². The van der Waals surface area contributed by atoms with E-state index in [0.717, 1.165) is 17.0 Å². The van der Waals surface area contributed by atoms with Gasteiger partial charge in [0.1, 0.15) is 17.5 Å². The van der Waals surface area contributed by atoms with Gasteiger partial charge in [-0.25, -0.2) is 9.59 Å². The molecule has 1 N–H and O–H groups in total. The van der Waals surface area contributed by atoms with Gasteiger partial charge >= 0.3 is 11.9 Å². The van der Waals surface area contributed by atoms with Crippen LogP contribution in [0.4, 0.5) is 5.69 Å². The summed E-state index contributed by atoms with van der Waals surface area (Å²) in [6.45, 7) is 2.47. The van der Waals surface area contributed by atoms with Gasteiger partial charge in [0.2, 0.25) is 0 Å². The van der Waals surface area contributed by atoms with Crippen LogP contribution in [0.2, 0.25) is 0 Å². The highest BCUT2D eigenvalue weighted by atomic mass is 16.6. The first-order valence-corrected chi connectivity index (χ1v) is 10.8. The third-order valence-electron chi connectivity index (χ3n) is 5.87. The minimum atomic E-state index is -1.21. The third-order valence-corrected chi connectivity index (χ3v) is 5.87. The molecule has 7 heteroatoms. The first-order chi connectivity index (χ1) is 16.0. The van der Waals surface area contributed by atoms with E-state index in [4.69, 9.17) is 18.9 Å². The van der Waals surface area contributed by atoms with Crippen LogP contribution in [0, 0.1) is 0 Å². The second-order valence-corrected chi connectivity index (χ2v) is 7.81. The zero-order valence-electron chi connectivity index (χ0n) is 18.9. The summed E-state index contributed by atoms with van der Waals surface area (Å²) < 4.78 is 22.0. The molecule has 3 unspecified atom stereocenters. The number of anilines is 1. The number of esters is 2. The van der Waals surface area contributed by atoms with Gasteiger partial charge in [-0.3, -0.25) is 0 Å². The van der Waals surface area contributed by atoms with Gasteiger partial charge in [-0.1, -0.05) is 42.5 Å². The number of carbonyl (C=O) groups excluding carboxylic acids is 2. The van der Waals surface area contributed by atoms with Crippen LogP contribution in [0.3, 0.4) is 0 Å². The van der Waals surface area contributed by atoms with E-state index >= 15 is 0 Å². The van der Waals surface area contributed by atoms with Crippen LogP contribution in [-0.2, 0) is 30.2 Å². The molecule has 0 amide bonds. The van der Waals surface area contributed by atoms with Crippen LogP contribution in [0.25, 0.3) is 0 Å². The summed E-state index contributed by atoms with van der Waals surface area (Å²) in [7, 11) is 2.57. The Balaban J connectivity index is 1.79. The van der Waals surface area contributed by atoms with E-state index in [0.29, 0.717) is 13.0 Å². The van der Waals surface area contributed by atoms with Crippen molar-refractivity contribution < 1.29 is 28.5 Å². The molecule has 0 saturated carbocycles. The Kier molecular flexibility index (Phi) is 6.51. The maximum Gasteiger partial charge on any atom is 0.337 e. The van der Waals surface area contributed by atoms with Crippen LogP contribution >= 0.6 is 0 Å². The Labute approximate surface area is 193 Å². The average Bonchev–Trinajstić information content (AvgIpc) is 3.42. The summed E-state index contributed by atoms with van der Waals surface area (Å²) >= 11 is 0. The fourth-order valence-electron chi connectivity index (χ4n) is 4.44. The van der Waals surface area contributed by atoms with E-state index in [-0.39, 0.29) is 11.1 Å². The van der Waals surface area contributed by atoms with E-state index in [1.54, 1.807) is 6.08 Å². The number of ether oxygens (including phenoxy) is 4. The van der Waals surface area contributed by atoms with Crippen LogP contribution in [0.15, 0.2) is 77.9 Å². The van der Waals surface area contributed by atoms with Crippen LogP contribution in [-0.4, -0.2) is 50.5 Å². The number of benzene rings is 2. The minimum Gasteiger partial charge on any atom is -0.494 e. The molecule has 33 heavy (non-hydrogen) atoms. The van der Waals surface area contributed by atoms with Gasteiger partial charge in [-0.15, -0.1) is 0 Å². The van der Waals surface area contributed by atoms with Crippen LogP contribution in [0.5, 0.6) is 5.75 Å². The Hall–Kier alpha value is -3.58. The van der Waals surface area contributed by atoms with E-state index < -0.39 is 29.7 Å². The molecule has 2 aliphatic heterocycles. The number of methoxy groups -OCH3 is 2. The molecule has 172 valence electrons. The van der Waals surface area contributed by atoms with Crippen molar-refractivity contribution in [2.45, 2.75) is 31.1 Å². The van der Waals surface area contributed by atoms with Gasteiger partial charge in [-0.05, 0) is 37.1 Å². The summed E-state index contributed by atoms with van der Waals surface area (Å²) in [5.41, 5.74) is 0.973. The van der Waals surface area contributed by atoms with Crippen molar-refractivity contribution in [3.8, 4) is 5.75 Å². The molecule has 3 atom stereocenters. The largest absolute Gasteiger partial charge is 0.494 e. The van der Waals surface area contributed by atoms with Gasteiger partial charge in [0.25, 0.3) is 0 Å². The quantitative estimate of drug-likeness (QED) is 0.464. The zero-order valence-corrected chi connectivity index (χ0v) is 18.9. The first-order valence-electron chi connectivity index (χ1n) is 10.8. The predicted molar refractivity (Wildman–Crippen MR) is 123 cm³/mol. The number of fused-ring (bicyclic) bond motifs is 2. The van der Waals surface area contributed by atoms with E-state index in [1.165, 1.54) is 14.2 Å². The van der Waals surface area contributed by atoms with Crippen molar-refractivity contribution in [1.82, 2.24) is 0 Å². The molecule has 2 bridgehead atoms. The highest BCUT2D eigenvalue weighted by Crippen LogP contribution is 2.47. The maximum atomic E-state index is 12.9. The lowest BCUT2D eigenvalue weighted by molar-refractivity contribution is -0.139. The Morgan fingerprint density at radius 2 is 1.82 bits per heavy atom. The van der Waals surface area contributed by atoms with Crippen molar-refractivity contribution in [3.63, 3.8) is 0 Å². The van der Waals surface area contributed by atoms with Gasteiger partial charge in [0.05, 0.1) is 38.0 Å². The molecular weight excluding hydrogens is 422 g/mol. The smallest absolute Gasteiger partial charge is 0.337 e. The molecule has 0 saturated heterocycles. The second-order valence-electron chi connectivity index (χ2n) is 7.81. The predicted octanol–water partition coefficient (Wildman–Crippen LogP) is 3.46. The Morgan fingerprint density at radius 3 is 2.52 bits per heavy atom. The van der Waals surface area contributed by atoms with Crippen molar-refractivity contribution in [2.24, 2.45) is 0 Å². The molecule has 2 aromatic rings. The lowest BCUT2D eigenvalue weighted by Crippen LogP contribution is -2.49. The van der Waals surface area contributed by atoms with Gasteiger partial charge in [0, 0.05) is 11.8 Å². The number of hydrogen-bond acceptors (Lipinski definition) is 7. The first kappa shape index (κ1) is 22.6. The summed E-state index contributed by atoms with van der Waals surface area (Å²) in [6.07, 6.45) is 3.46. The summed E-state index contributed by atoms with van der Waals surface area (Å²) in [5, 5.41) is 3.52. The van der Waals surface area contributed by atoms with E-state index in [2.05, 4.69) is 5.32 Å². The molecule has 0 spiro atoms. The molecule has 2 heterocycles. The SMILES string of the molecule is CCOc1cccc(NC(Cc2ccccc2)C23C=CC(O2)C(C(=O)OC)=C3C(=O)OC)c1. The molecule has 7 nitrogen and oxygen atoms in total. The average molecular weight is 450 g/mol. The number of carbonyl (C=O) groups is 2.